The highest BCUT2D eigenvalue weighted by atomic mass is 16.5. The molecule has 0 aromatic rings. The van der Waals surface area contributed by atoms with Crippen LogP contribution in [0.5, 0.6) is 0 Å². The quantitative estimate of drug-likeness (QED) is 0.0362. The van der Waals surface area contributed by atoms with Crippen LogP contribution in [0.4, 0.5) is 0 Å². The summed E-state index contributed by atoms with van der Waals surface area (Å²) in [7, 11) is 0. The molecule has 0 aromatic carbocycles. The maximum Gasteiger partial charge on any atom is 0.322 e. The maximum absolute atomic E-state index is 12.8. The molecule has 1 amide bonds. The van der Waals surface area contributed by atoms with Crippen LogP contribution in [-0.2, 0) is 19.1 Å². The van der Waals surface area contributed by atoms with Gasteiger partial charge < -0.3 is 15.2 Å². The fraction of sp³-hybridized carbons (Fsp3) is 0.796. The zero-order valence-corrected chi connectivity index (χ0v) is 39.6. The van der Waals surface area contributed by atoms with Crippen molar-refractivity contribution in [3.63, 3.8) is 0 Å². The smallest absolute Gasteiger partial charge is 0.322 e. The molecular weight excluding hydrogens is 743 g/mol. The van der Waals surface area contributed by atoms with E-state index in [2.05, 4.69) is 67.8 Å². The molecule has 6 nitrogen and oxygen atoms in total. The van der Waals surface area contributed by atoms with Gasteiger partial charge in [-0.3, -0.25) is 14.4 Å². The second kappa shape index (κ2) is 49.0. The van der Waals surface area contributed by atoms with E-state index in [9.17, 15) is 14.4 Å². The van der Waals surface area contributed by atoms with Crippen LogP contribution in [0.1, 0.15) is 264 Å². The van der Waals surface area contributed by atoms with Crippen LogP contribution in [0, 0.1) is 0 Å². The number of carboxylic acids is 1. The highest BCUT2D eigenvalue weighted by molar-refractivity contribution is 5.80. The number of ether oxygens (including phenoxy) is 1. The van der Waals surface area contributed by atoms with Gasteiger partial charge in [0.25, 0.3) is 0 Å². The maximum atomic E-state index is 12.8. The Balaban J connectivity index is 4.11. The van der Waals surface area contributed by atoms with Crippen molar-refractivity contribution in [2.75, 3.05) is 6.54 Å². The molecule has 0 heterocycles. The molecule has 0 aliphatic heterocycles. The lowest BCUT2D eigenvalue weighted by atomic mass is 10.0. The largest absolute Gasteiger partial charge is 0.480 e. The normalized spacial score (nSPS) is 12.4. The van der Waals surface area contributed by atoms with Crippen molar-refractivity contribution in [1.29, 1.82) is 0 Å². The number of unbranched alkanes of at least 4 members (excludes halogenated alkanes) is 28. The van der Waals surface area contributed by atoms with Gasteiger partial charge in [0.1, 0.15) is 12.6 Å². The summed E-state index contributed by atoms with van der Waals surface area (Å²) in [6, 6.07) is 0. The van der Waals surface area contributed by atoms with Gasteiger partial charge in [0, 0.05) is 12.8 Å². The lowest BCUT2D eigenvalue weighted by Gasteiger charge is -2.18. The van der Waals surface area contributed by atoms with Crippen LogP contribution in [-0.4, -0.2) is 35.6 Å². The zero-order valence-electron chi connectivity index (χ0n) is 39.6. The lowest BCUT2D eigenvalue weighted by Crippen LogP contribution is -2.28. The Labute approximate surface area is 371 Å². The molecule has 0 aromatic heterocycles. The number of amides is 1. The number of hydrogen-bond acceptors (Lipinski definition) is 4. The van der Waals surface area contributed by atoms with Crippen LogP contribution in [0.2, 0.25) is 0 Å². The molecule has 0 saturated carbocycles. The van der Waals surface area contributed by atoms with Gasteiger partial charge in [-0.05, 0) is 103 Å². The topological polar surface area (TPSA) is 92.7 Å². The molecule has 348 valence electrons. The molecule has 0 fully saturated rings. The molecule has 0 aliphatic carbocycles. The van der Waals surface area contributed by atoms with E-state index in [-0.39, 0.29) is 24.5 Å². The van der Waals surface area contributed by atoms with Gasteiger partial charge in [-0.15, -0.1) is 0 Å². The molecule has 0 aliphatic rings. The van der Waals surface area contributed by atoms with Gasteiger partial charge in [0.15, 0.2) is 0 Å². The van der Waals surface area contributed by atoms with E-state index in [1.807, 2.05) is 0 Å². The van der Waals surface area contributed by atoms with E-state index >= 15 is 0 Å². The summed E-state index contributed by atoms with van der Waals surface area (Å²) in [5, 5.41) is 11.1. The molecule has 2 N–H and O–H groups in total. The number of carboxylic acid groups (broad SMARTS) is 1. The number of allylic oxidation sites excluding steroid dienone is 8. The summed E-state index contributed by atoms with van der Waals surface area (Å²) in [4.78, 5) is 35.2. The minimum atomic E-state index is -1.02. The molecule has 60 heavy (non-hydrogen) atoms. The number of esters is 1. The molecule has 0 saturated heterocycles. The van der Waals surface area contributed by atoms with Gasteiger partial charge in [-0.1, -0.05) is 197 Å². The minimum Gasteiger partial charge on any atom is -0.480 e. The molecule has 0 spiro atoms. The SMILES string of the molecule is CCCCCCC/C=C\C/C=C\CCCCCCCCCCCCCC(=O)OC(CCCCC/C=C\C/C=C\CCCCCCC)CCCCCCCC(=O)NCC(=O)O. The highest BCUT2D eigenvalue weighted by Gasteiger charge is 2.14. The number of hydrogen-bond donors (Lipinski definition) is 2. The van der Waals surface area contributed by atoms with Crippen molar-refractivity contribution in [3.05, 3.63) is 48.6 Å². The first-order valence-electron chi connectivity index (χ1n) is 25.8. The number of nitrogens with one attached hydrogen (secondary N) is 1. The van der Waals surface area contributed by atoms with Gasteiger partial charge in [-0.2, -0.15) is 0 Å². The van der Waals surface area contributed by atoms with E-state index in [1.165, 1.54) is 148 Å². The van der Waals surface area contributed by atoms with Crippen LogP contribution in [0.3, 0.4) is 0 Å². The third-order valence-electron chi connectivity index (χ3n) is 11.5. The van der Waals surface area contributed by atoms with Gasteiger partial charge >= 0.3 is 11.9 Å². The summed E-state index contributed by atoms with van der Waals surface area (Å²) < 4.78 is 6.06. The average molecular weight is 840 g/mol. The molecule has 0 bridgehead atoms. The summed E-state index contributed by atoms with van der Waals surface area (Å²) in [6.07, 6.45) is 64.0. The lowest BCUT2D eigenvalue weighted by molar-refractivity contribution is -0.150. The Morgan fingerprint density at radius 2 is 0.767 bits per heavy atom. The summed E-state index contributed by atoms with van der Waals surface area (Å²) >= 11 is 0. The minimum absolute atomic E-state index is 0.000349. The standard InChI is InChI=1S/C54H97NO5/c1-3-5-7-9-11-13-15-17-19-20-21-22-23-24-25-26-28-30-32-34-36-41-45-49-54(59)60-51(47-43-39-37-40-44-48-52(56)55-50-53(57)58)46-42-38-35-33-31-29-27-18-16-14-12-10-8-6-4-2/h15-18,20-21,29,31,51H,3-14,19,22-28,30,32-50H2,1-2H3,(H,55,56)(H,57,58)/b17-15-,18-16-,21-20-,31-29-. The number of carbonyl (C=O) groups is 3. The predicted molar refractivity (Wildman–Crippen MR) is 258 cm³/mol. The van der Waals surface area contributed by atoms with Gasteiger partial charge in [0.05, 0.1) is 0 Å². The first-order valence-corrected chi connectivity index (χ1v) is 25.8. The molecule has 6 heteroatoms. The summed E-state index contributed by atoms with van der Waals surface area (Å²) in [5.74, 6) is -1.24. The van der Waals surface area contributed by atoms with Crippen LogP contribution in [0.25, 0.3) is 0 Å². The Morgan fingerprint density at radius 1 is 0.433 bits per heavy atom. The van der Waals surface area contributed by atoms with Crippen molar-refractivity contribution >= 4 is 17.8 Å². The van der Waals surface area contributed by atoms with Crippen molar-refractivity contribution in [2.45, 2.75) is 270 Å². The van der Waals surface area contributed by atoms with Crippen LogP contribution in [0.15, 0.2) is 48.6 Å². The third-order valence-corrected chi connectivity index (χ3v) is 11.5. The molecule has 0 rings (SSSR count). The fourth-order valence-electron chi connectivity index (χ4n) is 7.64. The first kappa shape index (κ1) is 57.4. The molecule has 0 radical (unpaired) electrons. The summed E-state index contributed by atoms with van der Waals surface area (Å²) in [5.41, 5.74) is 0. The van der Waals surface area contributed by atoms with Crippen LogP contribution < -0.4 is 5.32 Å². The monoisotopic (exact) mass is 840 g/mol. The van der Waals surface area contributed by atoms with E-state index in [1.54, 1.807) is 0 Å². The Kier molecular flexibility index (Phi) is 46.9. The van der Waals surface area contributed by atoms with Crippen molar-refractivity contribution in [2.24, 2.45) is 0 Å². The van der Waals surface area contributed by atoms with E-state index in [0.29, 0.717) is 12.8 Å². The number of rotatable bonds is 47. The second-order valence-electron chi connectivity index (χ2n) is 17.4. The van der Waals surface area contributed by atoms with E-state index in [4.69, 9.17) is 9.84 Å². The highest BCUT2D eigenvalue weighted by Crippen LogP contribution is 2.19. The molecular formula is C54H97NO5. The molecule has 1 unspecified atom stereocenters. The van der Waals surface area contributed by atoms with Gasteiger partial charge in [0.2, 0.25) is 5.91 Å². The van der Waals surface area contributed by atoms with E-state index < -0.39 is 5.97 Å². The van der Waals surface area contributed by atoms with E-state index in [0.717, 1.165) is 89.9 Å². The average Bonchev–Trinajstić information content (AvgIpc) is 3.24. The van der Waals surface area contributed by atoms with Gasteiger partial charge in [-0.25, -0.2) is 0 Å². The Morgan fingerprint density at radius 3 is 1.17 bits per heavy atom. The molecule has 1 atom stereocenters. The van der Waals surface area contributed by atoms with Crippen molar-refractivity contribution in [1.82, 2.24) is 5.32 Å². The second-order valence-corrected chi connectivity index (χ2v) is 17.4. The van der Waals surface area contributed by atoms with Crippen molar-refractivity contribution < 1.29 is 24.2 Å². The fourth-order valence-corrected chi connectivity index (χ4v) is 7.64. The number of carbonyl (C=O) groups excluding carboxylic acids is 2. The summed E-state index contributed by atoms with van der Waals surface area (Å²) in [6.45, 7) is 4.22. The van der Waals surface area contributed by atoms with Crippen LogP contribution >= 0.6 is 0 Å². The zero-order chi connectivity index (χ0) is 43.7. The van der Waals surface area contributed by atoms with Crippen molar-refractivity contribution in [3.8, 4) is 0 Å². The third kappa shape index (κ3) is 48.0. The Hall–Kier alpha value is -2.63. The number of aliphatic carboxylic acids is 1. The first-order chi connectivity index (χ1) is 29.5. The Bertz CT molecular complexity index is 1060. The predicted octanol–water partition coefficient (Wildman–Crippen LogP) is 16.6.